The molecule has 0 spiro atoms. The molecule has 1 amide bonds. The topological polar surface area (TPSA) is 99.9 Å². The molecule has 0 fully saturated rings. The molecule has 9 heteroatoms. The predicted octanol–water partition coefficient (Wildman–Crippen LogP) is 3.38. The zero-order valence-electron chi connectivity index (χ0n) is 19.6. The smallest absolute Gasteiger partial charge is 0.260 e. The van der Waals surface area contributed by atoms with Gasteiger partial charge < -0.3 is 19.5 Å². The van der Waals surface area contributed by atoms with Gasteiger partial charge in [0.25, 0.3) is 5.91 Å². The van der Waals surface area contributed by atoms with Gasteiger partial charge in [0, 0.05) is 11.6 Å². The number of nitrogens with one attached hydrogen (secondary N) is 1. The highest BCUT2D eigenvalue weighted by atomic mass is 16.5. The van der Waals surface area contributed by atoms with Crippen molar-refractivity contribution in [2.45, 2.75) is 26.9 Å². The third-order valence-electron chi connectivity index (χ3n) is 5.09. The number of ether oxygens (including phenoxy) is 3. The lowest BCUT2D eigenvalue weighted by Gasteiger charge is -2.15. The van der Waals surface area contributed by atoms with E-state index in [1.54, 1.807) is 30.7 Å². The third kappa shape index (κ3) is 5.43. The summed E-state index contributed by atoms with van der Waals surface area (Å²) in [4.78, 5) is 12.4. The summed E-state index contributed by atoms with van der Waals surface area (Å²) in [5, 5.41) is 15.7. The number of aryl methyl sites for hydroxylation is 2. The Morgan fingerprint density at radius 3 is 2.59 bits per heavy atom. The summed E-state index contributed by atoms with van der Waals surface area (Å²) in [6.45, 7) is 6.26. The standard InChI is InChI=1S/C25H27N5O4/c1-16-12-17(2)14-21(13-16)34-18(3)25(31)26-10-11-33-23-9-8-22-27-28-24(30(22)29-23)19-6-5-7-20(15-19)32-4/h5-9,12-15,18H,10-11H2,1-4H3,(H,26,31). The van der Waals surface area contributed by atoms with E-state index in [4.69, 9.17) is 14.2 Å². The molecule has 2 heterocycles. The summed E-state index contributed by atoms with van der Waals surface area (Å²) in [6, 6.07) is 16.9. The minimum absolute atomic E-state index is 0.217. The van der Waals surface area contributed by atoms with Gasteiger partial charge in [0.15, 0.2) is 17.6 Å². The maximum atomic E-state index is 12.4. The van der Waals surface area contributed by atoms with Crippen molar-refractivity contribution in [3.8, 4) is 28.8 Å². The van der Waals surface area contributed by atoms with Gasteiger partial charge in [0.2, 0.25) is 5.88 Å². The Morgan fingerprint density at radius 1 is 1.03 bits per heavy atom. The van der Waals surface area contributed by atoms with E-state index in [1.807, 2.05) is 50.2 Å². The first kappa shape index (κ1) is 23.0. The number of aromatic nitrogens is 4. The summed E-state index contributed by atoms with van der Waals surface area (Å²) in [7, 11) is 1.61. The van der Waals surface area contributed by atoms with Crippen molar-refractivity contribution in [3.63, 3.8) is 0 Å². The highest BCUT2D eigenvalue weighted by Crippen LogP contribution is 2.23. The molecular formula is C25H27N5O4. The van der Waals surface area contributed by atoms with Crippen LogP contribution in [0, 0.1) is 13.8 Å². The van der Waals surface area contributed by atoms with Crippen LogP contribution in [0.3, 0.4) is 0 Å². The van der Waals surface area contributed by atoms with Gasteiger partial charge in [-0.25, -0.2) is 0 Å². The van der Waals surface area contributed by atoms with Crippen molar-refractivity contribution in [2.24, 2.45) is 0 Å². The van der Waals surface area contributed by atoms with Crippen LogP contribution in [0.15, 0.2) is 54.6 Å². The van der Waals surface area contributed by atoms with Crippen LogP contribution in [0.25, 0.3) is 17.0 Å². The quantitative estimate of drug-likeness (QED) is 0.382. The van der Waals surface area contributed by atoms with E-state index in [-0.39, 0.29) is 12.5 Å². The Balaban J connectivity index is 1.33. The average Bonchev–Trinajstić information content (AvgIpc) is 3.24. The zero-order valence-corrected chi connectivity index (χ0v) is 19.6. The fourth-order valence-corrected chi connectivity index (χ4v) is 3.52. The van der Waals surface area contributed by atoms with E-state index >= 15 is 0 Å². The molecule has 2 aromatic carbocycles. The van der Waals surface area contributed by atoms with Crippen LogP contribution in [0.1, 0.15) is 18.1 Å². The molecular weight excluding hydrogens is 434 g/mol. The highest BCUT2D eigenvalue weighted by Gasteiger charge is 2.15. The maximum absolute atomic E-state index is 12.4. The summed E-state index contributed by atoms with van der Waals surface area (Å²) >= 11 is 0. The fourth-order valence-electron chi connectivity index (χ4n) is 3.52. The lowest BCUT2D eigenvalue weighted by Crippen LogP contribution is -2.38. The Bertz CT molecular complexity index is 1280. The Labute approximate surface area is 197 Å². The molecule has 34 heavy (non-hydrogen) atoms. The summed E-state index contributed by atoms with van der Waals surface area (Å²) < 4.78 is 18.4. The van der Waals surface area contributed by atoms with Crippen LogP contribution in [-0.4, -0.2) is 52.1 Å². The SMILES string of the molecule is COc1cccc(-c2nnc3ccc(OCCNC(=O)C(C)Oc4cc(C)cc(C)c4)nn23)c1. The molecule has 0 aliphatic carbocycles. The van der Waals surface area contributed by atoms with E-state index in [0.29, 0.717) is 35.4 Å². The Morgan fingerprint density at radius 2 is 1.82 bits per heavy atom. The largest absolute Gasteiger partial charge is 0.497 e. The number of carbonyl (C=O) groups is 1. The molecule has 4 aromatic rings. The molecule has 0 aliphatic heterocycles. The number of fused-ring (bicyclic) bond motifs is 1. The molecule has 0 radical (unpaired) electrons. The van der Waals surface area contributed by atoms with Gasteiger partial charge in [-0.05, 0) is 62.2 Å². The molecule has 1 N–H and O–H groups in total. The van der Waals surface area contributed by atoms with Gasteiger partial charge in [-0.1, -0.05) is 18.2 Å². The van der Waals surface area contributed by atoms with Crippen LogP contribution < -0.4 is 19.5 Å². The van der Waals surface area contributed by atoms with Crippen molar-refractivity contribution < 1.29 is 19.0 Å². The molecule has 4 rings (SSSR count). The van der Waals surface area contributed by atoms with E-state index in [1.165, 1.54) is 0 Å². The van der Waals surface area contributed by atoms with Crippen molar-refractivity contribution in [1.82, 2.24) is 25.1 Å². The number of hydrogen-bond donors (Lipinski definition) is 1. The average molecular weight is 462 g/mol. The summed E-state index contributed by atoms with van der Waals surface area (Å²) in [5.41, 5.74) is 3.59. The maximum Gasteiger partial charge on any atom is 0.260 e. The second-order valence-electron chi connectivity index (χ2n) is 7.92. The third-order valence-corrected chi connectivity index (χ3v) is 5.09. The summed E-state index contributed by atoms with van der Waals surface area (Å²) in [5.74, 6) is 2.14. The molecule has 176 valence electrons. The normalized spacial score (nSPS) is 11.8. The van der Waals surface area contributed by atoms with E-state index in [0.717, 1.165) is 16.7 Å². The lowest BCUT2D eigenvalue weighted by atomic mass is 10.1. The lowest BCUT2D eigenvalue weighted by molar-refractivity contribution is -0.127. The molecule has 2 aromatic heterocycles. The first-order chi connectivity index (χ1) is 16.4. The molecule has 1 unspecified atom stereocenters. The molecule has 0 bridgehead atoms. The van der Waals surface area contributed by atoms with Crippen molar-refractivity contribution in [3.05, 3.63) is 65.7 Å². The van der Waals surface area contributed by atoms with Crippen molar-refractivity contribution in [1.29, 1.82) is 0 Å². The zero-order chi connectivity index (χ0) is 24.1. The molecule has 0 aliphatic rings. The van der Waals surface area contributed by atoms with Crippen LogP contribution in [0.4, 0.5) is 0 Å². The second kappa shape index (κ2) is 10.2. The second-order valence-corrected chi connectivity index (χ2v) is 7.92. The molecule has 9 nitrogen and oxygen atoms in total. The first-order valence-electron chi connectivity index (χ1n) is 11.0. The van der Waals surface area contributed by atoms with Gasteiger partial charge >= 0.3 is 0 Å². The number of rotatable bonds is 9. The van der Waals surface area contributed by atoms with E-state index in [2.05, 4.69) is 26.7 Å². The van der Waals surface area contributed by atoms with Crippen LogP contribution in [-0.2, 0) is 4.79 Å². The van der Waals surface area contributed by atoms with Gasteiger partial charge in [0.1, 0.15) is 18.1 Å². The van der Waals surface area contributed by atoms with Crippen LogP contribution >= 0.6 is 0 Å². The van der Waals surface area contributed by atoms with Gasteiger partial charge in [-0.15, -0.1) is 15.3 Å². The van der Waals surface area contributed by atoms with Crippen molar-refractivity contribution in [2.75, 3.05) is 20.3 Å². The molecule has 1 atom stereocenters. The number of benzene rings is 2. The number of amides is 1. The first-order valence-corrected chi connectivity index (χ1v) is 11.0. The predicted molar refractivity (Wildman–Crippen MR) is 127 cm³/mol. The van der Waals surface area contributed by atoms with Crippen molar-refractivity contribution >= 4 is 11.6 Å². The highest BCUT2D eigenvalue weighted by molar-refractivity contribution is 5.80. The Kier molecular flexibility index (Phi) is 6.91. The Hall–Kier alpha value is -4.14. The van der Waals surface area contributed by atoms with E-state index in [9.17, 15) is 4.79 Å². The minimum Gasteiger partial charge on any atom is -0.497 e. The number of nitrogens with zero attached hydrogens (tertiary/aromatic N) is 4. The van der Waals surface area contributed by atoms with Gasteiger partial charge in [0.05, 0.1) is 13.7 Å². The molecule has 0 saturated heterocycles. The fraction of sp³-hybridized carbons (Fsp3) is 0.280. The van der Waals surface area contributed by atoms with Gasteiger partial charge in [-0.2, -0.15) is 4.52 Å². The number of methoxy groups -OCH3 is 1. The summed E-state index contributed by atoms with van der Waals surface area (Å²) in [6.07, 6.45) is -0.627. The minimum atomic E-state index is -0.627. The number of hydrogen-bond acceptors (Lipinski definition) is 7. The molecule has 0 saturated carbocycles. The number of carbonyl (C=O) groups excluding carboxylic acids is 1. The van der Waals surface area contributed by atoms with E-state index < -0.39 is 6.10 Å². The van der Waals surface area contributed by atoms with Crippen LogP contribution in [0.5, 0.6) is 17.4 Å². The van der Waals surface area contributed by atoms with Crippen LogP contribution in [0.2, 0.25) is 0 Å². The monoisotopic (exact) mass is 461 g/mol. The van der Waals surface area contributed by atoms with Gasteiger partial charge in [-0.3, -0.25) is 4.79 Å².